The SMILES string of the molecule is O=C(NCCc1c[nH]c2ccccc12)c1cc(=O)[nH][nH]1. The Morgan fingerprint density at radius 3 is 2.85 bits per heavy atom. The Labute approximate surface area is 114 Å². The normalized spacial score (nSPS) is 10.8. The monoisotopic (exact) mass is 270 g/mol. The highest BCUT2D eigenvalue weighted by molar-refractivity contribution is 5.92. The first-order valence-electron chi connectivity index (χ1n) is 6.35. The highest BCUT2D eigenvalue weighted by atomic mass is 16.2. The zero-order chi connectivity index (χ0) is 13.9. The van der Waals surface area contributed by atoms with Gasteiger partial charge in [-0.3, -0.25) is 19.8 Å². The second kappa shape index (κ2) is 5.08. The van der Waals surface area contributed by atoms with Crippen LogP contribution in [0.1, 0.15) is 16.1 Å². The number of carbonyl (C=O) groups excluding carboxylic acids is 1. The lowest BCUT2D eigenvalue weighted by atomic mass is 10.1. The minimum Gasteiger partial charge on any atom is -0.361 e. The number of fused-ring (bicyclic) bond motifs is 1. The summed E-state index contributed by atoms with van der Waals surface area (Å²) in [5.74, 6) is -0.289. The molecule has 1 aromatic carbocycles. The van der Waals surface area contributed by atoms with Crippen molar-refractivity contribution in [2.24, 2.45) is 0 Å². The molecule has 2 aromatic heterocycles. The third kappa shape index (κ3) is 2.35. The van der Waals surface area contributed by atoms with E-state index in [2.05, 4.69) is 20.5 Å². The van der Waals surface area contributed by atoms with Crippen LogP contribution in [-0.4, -0.2) is 27.6 Å². The van der Waals surface area contributed by atoms with E-state index in [1.807, 2.05) is 30.5 Å². The molecular formula is C14H14N4O2. The largest absolute Gasteiger partial charge is 0.361 e. The summed E-state index contributed by atoms with van der Waals surface area (Å²) in [5.41, 5.74) is 2.17. The Morgan fingerprint density at radius 2 is 2.05 bits per heavy atom. The van der Waals surface area contributed by atoms with Crippen molar-refractivity contribution >= 4 is 16.8 Å². The van der Waals surface area contributed by atoms with Gasteiger partial charge in [-0.15, -0.1) is 0 Å². The average Bonchev–Trinajstić information content (AvgIpc) is 3.06. The van der Waals surface area contributed by atoms with Crippen LogP contribution < -0.4 is 10.9 Å². The third-order valence-electron chi connectivity index (χ3n) is 3.20. The molecule has 0 fully saturated rings. The quantitative estimate of drug-likeness (QED) is 0.572. The van der Waals surface area contributed by atoms with Gasteiger partial charge in [-0.05, 0) is 18.1 Å². The van der Waals surface area contributed by atoms with Crippen LogP contribution in [0.3, 0.4) is 0 Å². The minimum absolute atomic E-state index is 0.244. The number of rotatable bonds is 4. The fraction of sp³-hybridized carbons (Fsp3) is 0.143. The molecule has 6 nitrogen and oxygen atoms in total. The summed E-state index contributed by atoms with van der Waals surface area (Å²) in [5, 5.41) is 8.79. The molecule has 0 saturated heterocycles. The van der Waals surface area contributed by atoms with Crippen LogP contribution >= 0.6 is 0 Å². The number of carbonyl (C=O) groups is 1. The van der Waals surface area contributed by atoms with Crippen molar-refractivity contribution in [2.45, 2.75) is 6.42 Å². The summed E-state index contributed by atoms with van der Waals surface area (Å²) >= 11 is 0. The number of hydrogen-bond donors (Lipinski definition) is 4. The maximum absolute atomic E-state index is 11.7. The number of H-pyrrole nitrogens is 3. The zero-order valence-corrected chi connectivity index (χ0v) is 10.7. The molecule has 0 radical (unpaired) electrons. The van der Waals surface area contributed by atoms with Crippen molar-refractivity contribution in [3.8, 4) is 0 Å². The van der Waals surface area contributed by atoms with Crippen molar-refractivity contribution in [1.29, 1.82) is 0 Å². The molecule has 3 rings (SSSR count). The molecule has 0 saturated carbocycles. The van der Waals surface area contributed by atoms with Gasteiger partial charge >= 0.3 is 0 Å². The Balaban J connectivity index is 1.63. The molecule has 102 valence electrons. The van der Waals surface area contributed by atoms with Gasteiger partial charge in [0.15, 0.2) is 0 Å². The van der Waals surface area contributed by atoms with E-state index in [0.29, 0.717) is 6.54 Å². The van der Waals surface area contributed by atoms with Gasteiger partial charge in [0, 0.05) is 29.7 Å². The Bertz CT molecular complexity index is 796. The molecule has 0 aliphatic carbocycles. The number of aromatic nitrogens is 3. The summed E-state index contributed by atoms with van der Waals surface area (Å²) < 4.78 is 0. The van der Waals surface area contributed by atoms with E-state index in [-0.39, 0.29) is 17.2 Å². The van der Waals surface area contributed by atoms with Gasteiger partial charge in [-0.2, -0.15) is 0 Å². The van der Waals surface area contributed by atoms with Crippen LogP contribution in [0.2, 0.25) is 0 Å². The summed E-state index contributed by atoms with van der Waals surface area (Å²) in [6, 6.07) is 9.27. The van der Waals surface area contributed by atoms with Crippen molar-refractivity contribution < 1.29 is 4.79 Å². The van der Waals surface area contributed by atoms with Gasteiger partial charge in [-0.25, -0.2) is 0 Å². The molecular weight excluding hydrogens is 256 g/mol. The molecule has 1 amide bonds. The van der Waals surface area contributed by atoms with E-state index in [1.165, 1.54) is 6.07 Å². The molecule has 3 aromatic rings. The number of amides is 1. The van der Waals surface area contributed by atoms with Gasteiger partial charge in [0.2, 0.25) is 0 Å². The van der Waals surface area contributed by atoms with E-state index >= 15 is 0 Å². The lowest BCUT2D eigenvalue weighted by Crippen LogP contribution is -2.26. The maximum atomic E-state index is 11.7. The lowest BCUT2D eigenvalue weighted by molar-refractivity contribution is 0.0949. The molecule has 0 aliphatic heterocycles. The Hall–Kier alpha value is -2.76. The molecule has 0 spiro atoms. The van der Waals surface area contributed by atoms with Gasteiger partial charge < -0.3 is 10.3 Å². The van der Waals surface area contributed by atoms with Crippen molar-refractivity contribution in [3.63, 3.8) is 0 Å². The first-order chi connectivity index (χ1) is 9.74. The van der Waals surface area contributed by atoms with Crippen LogP contribution in [0.15, 0.2) is 41.3 Å². The van der Waals surface area contributed by atoms with Gasteiger partial charge in [-0.1, -0.05) is 18.2 Å². The van der Waals surface area contributed by atoms with E-state index in [1.54, 1.807) is 0 Å². The Kier molecular flexibility index (Phi) is 3.12. The first kappa shape index (κ1) is 12.3. The Morgan fingerprint density at radius 1 is 1.20 bits per heavy atom. The molecule has 0 atom stereocenters. The van der Waals surface area contributed by atoms with E-state index in [0.717, 1.165) is 22.9 Å². The summed E-state index contributed by atoms with van der Waals surface area (Å²) in [6.07, 6.45) is 2.68. The maximum Gasteiger partial charge on any atom is 0.269 e. The van der Waals surface area contributed by atoms with E-state index in [4.69, 9.17) is 0 Å². The van der Waals surface area contributed by atoms with Crippen LogP contribution in [0, 0.1) is 0 Å². The van der Waals surface area contributed by atoms with E-state index < -0.39 is 0 Å². The molecule has 4 N–H and O–H groups in total. The molecule has 0 aliphatic rings. The molecule has 20 heavy (non-hydrogen) atoms. The van der Waals surface area contributed by atoms with Gasteiger partial charge in [0.05, 0.1) is 0 Å². The van der Waals surface area contributed by atoms with Crippen LogP contribution in [0.25, 0.3) is 10.9 Å². The van der Waals surface area contributed by atoms with E-state index in [9.17, 15) is 9.59 Å². The zero-order valence-electron chi connectivity index (χ0n) is 10.7. The number of benzene rings is 1. The van der Waals surface area contributed by atoms with Crippen LogP contribution in [0.5, 0.6) is 0 Å². The highest BCUT2D eigenvalue weighted by Gasteiger charge is 2.08. The standard InChI is InChI=1S/C14H14N4O2/c19-13-7-12(17-18-13)14(20)15-6-5-9-8-16-11-4-2-1-3-10(9)11/h1-4,7-8,16H,5-6H2,(H,15,20)(H2,17,18,19). The predicted molar refractivity (Wildman–Crippen MR) is 75.7 cm³/mol. The van der Waals surface area contributed by atoms with Gasteiger partial charge in [0.1, 0.15) is 5.69 Å². The fourth-order valence-electron chi connectivity index (χ4n) is 2.20. The lowest BCUT2D eigenvalue weighted by Gasteiger charge is -2.02. The number of para-hydroxylation sites is 1. The van der Waals surface area contributed by atoms with Crippen molar-refractivity contribution in [2.75, 3.05) is 6.54 Å². The topological polar surface area (TPSA) is 93.5 Å². The van der Waals surface area contributed by atoms with Gasteiger partial charge in [0.25, 0.3) is 11.5 Å². The minimum atomic E-state index is -0.313. The van der Waals surface area contributed by atoms with Crippen LogP contribution in [0.4, 0.5) is 0 Å². The highest BCUT2D eigenvalue weighted by Crippen LogP contribution is 2.17. The predicted octanol–water partition coefficient (Wildman–Crippen LogP) is 1.16. The molecule has 2 heterocycles. The number of nitrogens with one attached hydrogen (secondary N) is 4. The van der Waals surface area contributed by atoms with Crippen molar-refractivity contribution in [3.05, 3.63) is 58.1 Å². The molecule has 6 heteroatoms. The fourth-order valence-corrected chi connectivity index (χ4v) is 2.20. The third-order valence-corrected chi connectivity index (χ3v) is 3.20. The summed E-state index contributed by atoms with van der Waals surface area (Å²) in [6.45, 7) is 0.508. The molecule has 0 bridgehead atoms. The summed E-state index contributed by atoms with van der Waals surface area (Å²) in [4.78, 5) is 25.9. The summed E-state index contributed by atoms with van der Waals surface area (Å²) in [7, 11) is 0. The average molecular weight is 270 g/mol. The van der Waals surface area contributed by atoms with Crippen LogP contribution in [-0.2, 0) is 6.42 Å². The molecule has 0 unspecified atom stereocenters. The second-order valence-electron chi connectivity index (χ2n) is 4.54. The second-order valence-corrected chi connectivity index (χ2v) is 4.54. The smallest absolute Gasteiger partial charge is 0.269 e. The first-order valence-corrected chi connectivity index (χ1v) is 6.35. The number of hydrogen-bond acceptors (Lipinski definition) is 2. The van der Waals surface area contributed by atoms with Crippen molar-refractivity contribution in [1.82, 2.24) is 20.5 Å². The number of aromatic amines is 3.